The SMILES string of the molecule is CC(C)OC(=O)C(=O)Cc1cc(C(F)(F)F)cc(C(F)(F)F)c1. The Balaban J connectivity index is 3.16. The lowest BCUT2D eigenvalue weighted by Gasteiger charge is -2.14. The van der Waals surface area contributed by atoms with Crippen molar-refractivity contribution in [1.82, 2.24) is 0 Å². The van der Waals surface area contributed by atoms with Crippen LogP contribution in [0.4, 0.5) is 26.3 Å². The standard InChI is InChI=1S/C14H12F6O3/c1-7(2)23-12(22)11(21)5-8-3-9(13(15,16)17)6-10(4-8)14(18,19)20/h3-4,6-7H,5H2,1-2H3. The van der Waals surface area contributed by atoms with Gasteiger partial charge in [-0.3, -0.25) is 4.79 Å². The van der Waals surface area contributed by atoms with Crippen LogP contribution in [0.25, 0.3) is 0 Å². The molecule has 0 aliphatic heterocycles. The van der Waals surface area contributed by atoms with Crippen LogP contribution in [0.2, 0.25) is 0 Å². The molecule has 0 radical (unpaired) electrons. The Hall–Kier alpha value is -2.06. The molecule has 9 heteroatoms. The first kappa shape index (κ1) is 19.0. The van der Waals surface area contributed by atoms with Crippen LogP contribution in [0.5, 0.6) is 0 Å². The predicted molar refractivity (Wildman–Crippen MR) is 66.4 cm³/mol. The van der Waals surface area contributed by atoms with Crippen molar-refractivity contribution in [2.24, 2.45) is 0 Å². The largest absolute Gasteiger partial charge is 0.457 e. The first-order valence-corrected chi connectivity index (χ1v) is 6.33. The fourth-order valence-electron chi connectivity index (χ4n) is 1.66. The maximum absolute atomic E-state index is 12.7. The Morgan fingerprint density at radius 2 is 1.39 bits per heavy atom. The van der Waals surface area contributed by atoms with Gasteiger partial charge in [-0.05, 0) is 37.6 Å². The second-order valence-corrected chi connectivity index (χ2v) is 4.97. The molecule has 0 unspecified atom stereocenters. The third-order valence-electron chi connectivity index (χ3n) is 2.58. The summed E-state index contributed by atoms with van der Waals surface area (Å²) in [5, 5.41) is 0. The van der Waals surface area contributed by atoms with Crippen molar-refractivity contribution in [3.05, 3.63) is 34.9 Å². The topological polar surface area (TPSA) is 43.4 Å². The minimum Gasteiger partial charge on any atom is -0.457 e. The molecule has 3 nitrogen and oxygen atoms in total. The average molecular weight is 342 g/mol. The van der Waals surface area contributed by atoms with E-state index in [9.17, 15) is 35.9 Å². The number of Topliss-reactive ketones (excluding diaryl/α,β-unsaturated/α-hetero) is 1. The highest BCUT2D eigenvalue weighted by Gasteiger charge is 2.37. The first-order chi connectivity index (χ1) is 10.3. The third kappa shape index (κ3) is 5.57. The summed E-state index contributed by atoms with van der Waals surface area (Å²) in [7, 11) is 0. The van der Waals surface area contributed by atoms with Gasteiger partial charge in [-0.2, -0.15) is 26.3 Å². The van der Waals surface area contributed by atoms with E-state index >= 15 is 0 Å². The summed E-state index contributed by atoms with van der Waals surface area (Å²) in [6.07, 6.45) is -11.6. The molecule has 128 valence electrons. The maximum Gasteiger partial charge on any atom is 0.416 e. The van der Waals surface area contributed by atoms with Crippen LogP contribution in [0.15, 0.2) is 18.2 Å². The summed E-state index contributed by atoms with van der Waals surface area (Å²) in [6.45, 7) is 2.88. The highest BCUT2D eigenvalue weighted by molar-refractivity contribution is 6.34. The first-order valence-electron chi connectivity index (χ1n) is 6.33. The van der Waals surface area contributed by atoms with Crippen LogP contribution in [-0.4, -0.2) is 17.9 Å². The second-order valence-electron chi connectivity index (χ2n) is 4.97. The Kier molecular flexibility index (Phi) is 5.44. The lowest BCUT2D eigenvalue weighted by Crippen LogP contribution is -2.23. The van der Waals surface area contributed by atoms with Gasteiger partial charge in [-0.15, -0.1) is 0 Å². The van der Waals surface area contributed by atoms with E-state index in [4.69, 9.17) is 0 Å². The van der Waals surface area contributed by atoms with Gasteiger partial charge in [0.2, 0.25) is 5.78 Å². The second kappa shape index (κ2) is 6.59. The molecule has 0 spiro atoms. The van der Waals surface area contributed by atoms with Crippen molar-refractivity contribution in [3.8, 4) is 0 Å². The number of hydrogen-bond acceptors (Lipinski definition) is 3. The van der Waals surface area contributed by atoms with E-state index in [0.29, 0.717) is 12.1 Å². The minimum absolute atomic E-state index is 0.0551. The average Bonchev–Trinajstić information content (AvgIpc) is 2.35. The predicted octanol–water partition coefficient (Wildman–Crippen LogP) is 3.79. The van der Waals surface area contributed by atoms with Crippen molar-refractivity contribution < 1.29 is 40.7 Å². The summed E-state index contributed by atoms with van der Waals surface area (Å²) in [4.78, 5) is 22.8. The van der Waals surface area contributed by atoms with Crippen molar-refractivity contribution in [1.29, 1.82) is 0 Å². The number of alkyl halides is 6. The monoisotopic (exact) mass is 342 g/mol. The maximum atomic E-state index is 12.7. The van der Waals surface area contributed by atoms with Gasteiger partial charge in [-0.25, -0.2) is 4.79 Å². The number of hydrogen-bond donors (Lipinski definition) is 0. The molecule has 1 aromatic carbocycles. The number of ketones is 1. The normalized spacial score (nSPS) is 12.4. The molecule has 0 aromatic heterocycles. The molecule has 0 heterocycles. The highest BCUT2D eigenvalue weighted by Crippen LogP contribution is 2.36. The highest BCUT2D eigenvalue weighted by atomic mass is 19.4. The fraction of sp³-hybridized carbons (Fsp3) is 0.429. The fourth-order valence-corrected chi connectivity index (χ4v) is 1.66. The van der Waals surface area contributed by atoms with E-state index in [1.807, 2.05) is 0 Å². The Bertz CT molecular complexity index is 569. The summed E-state index contributed by atoms with van der Waals surface area (Å²) >= 11 is 0. The molecule has 0 amide bonds. The lowest BCUT2D eigenvalue weighted by molar-refractivity contribution is -0.156. The number of esters is 1. The molecule has 0 atom stereocenters. The summed E-state index contributed by atoms with van der Waals surface area (Å²) in [5.74, 6) is -2.54. The Morgan fingerprint density at radius 3 is 1.74 bits per heavy atom. The zero-order valence-corrected chi connectivity index (χ0v) is 12.0. The van der Waals surface area contributed by atoms with Gasteiger partial charge in [0.1, 0.15) is 0 Å². The zero-order chi connectivity index (χ0) is 18.0. The van der Waals surface area contributed by atoms with Gasteiger partial charge in [0.15, 0.2) is 0 Å². The van der Waals surface area contributed by atoms with Gasteiger partial charge < -0.3 is 4.74 Å². The molecule has 1 aromatic rings. The van der Waals surface area contributed by atoms with Crippen LogP contribution in [0.3, 0.4) is 0 Å². The summed E-state index contributed by atoms with van der Waals surface area (Å²) < 4.78 is 80.5. The minimum atomic E-state index is -5.02. The van der Waals surface area contributed by atoms with E-state index < -0.39 is 53.3 Å². The van der Waals surface area contributed by atoms with Crippen molar-refractivity contribution in [3.63, 3.8) is 0 Å². The summed E-state index contributed by atoms with van der Waals surface area (Å²) in [5.41, 5.74) is -3.67. The number of ether oxygens (including phenoxy) is 1. The van der Waals surface area contributed by atoms with Gasteiger partial charge in [0, 0.05) is 6.42 Å². The molecule has 0 N–H and O–H groups in total. The molecule has 1 rings (SSSR count). The smallest absolute Gasteiger partial charge is 0.416 e. The molecule has 0 saturated heterocycles. The van der Waals surface area contributed by atoms with Crippen molar-refractivity contribution in [2.45, 2.75) is 38.7 Å². The molecule has 0 saturated carbocycles. The molecule has 23 heavy (non-hydrogen) atoms. The summed E-state index contributed by atoms with van der Waals surface area (Å²) in [6, 6.07) is 0.742. The van der Waals surface area contributed by atoms with Crippen molar-refractivity contribution >= 4 is 11.8 Å². The molecule has 0 aliphatic rings. The Morgan fingerprint density at radius 1 is 0.957 bits per heavy atom. The molecular weight excluding hydrogens is 330 g/mol. The van der Waals surface area contributed by atoms with E-state index in [-0.39, 0.29) is 6.07 Å². The van der Waals surface area contributed by atoms with E-state index in [2.05, 4.69) is 4.74 Å². The molecule has 0 aliphatic carbocycles. The number of rotatable bonds is 4. The van der Waals surface area contributed by atoms with Gasteiger partial charge >= 0.3 is 18.3 Å². The van der Waals surface area contributed by atoms with E-state index in [1.165, 1.54) is 13.8 Å². The number of carbonyl (C=O) groups is 2. The molecular formula is C14H12F6O3. The zero-order valence-electron chi connectivity index (χ0n) is 12.0. The quantitative estimate of drug-likeness (QED) is 0.475. The Labute approximate surface area is 127 Å². The van der Waals surface area contributed by atoms with Gasteiger partial charge in [0.05, 0.1) is 17.2 Å². The van der Waals surface area contributed by atoms with E-state index in [1.54, 1.807) is 0 Å². The number of benzene rings is 1. The van der Waals surface area contributed by atoms with Gasteiger partial charge in [-0.1, -0.05) is 0 Å². The molecule has 0 fully saturated rings. The molecule has 0 bridgehead atoms. The van der Waals surface area contributed by atoms with E-state index in [0.717, 1.165) is 0 Å². The lowest BCUT2D eigenvalue weighted by atomic mass is 10.0. The van der Waals surface area contributed by atoms with Crippen LogP contribution >= 0.6 is 0 Å². The van der Waals surface area contributed by atoms with Crippen LogP contribution < -0.4 is 0 Å². The van der Waals surface area contributed by atoms with Crippen molar-refractivity contribution in [2.75, 3.05) is 0 Å². The van der Waals surface area contributed by atoms with Crippen LogP contribution in [0, 0.1) is 0 Å². The van der Waals surface area contributed by atoms with Crippen LogP contribution in [0.1, 0.15) is 30.5 Å². The third-order valence-corrected chi connectivity index (χ3v) is 2.58. The number of halogens is 6. The van der Waals surface area contributed by atoms with Gasteiger partial charge in [0.25, 0.3) is 0 Å². The number of carbonyl (C=O) groups excluding carboxylic acids is 2. The van der Waals surface area contributed by atoms with Crippen LogP contribution in [-0.2, 0) is 33.1 Å².